The lowest BCUT2D eigenvalue weighted by Gasteiger charge is -2.30. The molecule has 1 aromatic carbocycles. The van der Waals surface area contributed by atoms with Crippen LogP contribution in [-0.4, -0.2) is 30.4 Å². The zero-order valence-electron chi connectivity index (χ0n) is 15.0. The maximum Gasteiger partial charge on any atom is 0.416 e. The molecular weight excluding hydrogens is 373 g/mol. The van der Waals surface area contributed by atoms with Gasteiger partial charge in [-0.05, 0) is 72.6 Å². The molecule has 1 fully saturated rings. The standard InChI is InChI=1S/C20H23F3N2OS/c21-20(22,23)17-7-5-15(6-8-17)19(26)24-13-18(16-9-12-27-14-16)25-10-3-1-2-4-11-25/h5-9,12,14,18H,1-4,10-11,13H2,(H,24,26). The quantitative estimate of drug-likeness (QED) is 0.761. The molecule has 2 aromatic rings. The second-order valence-electron chi connectivity index (χ2n) is 6.81. The van der Waals surface area contributed by atoms with E-state index in [1.807, 2.05) is 5.38 Å². The van der Waals surface area contributed by atoms with Gasteiger partial charge in [0.1, 0.15) is 0 Å². The minimum Gasteiger partial charge on any atom is -0.350 e. The second-order valence-corrected chi connectivity index (χ2v) is 7.59. The summed E-state index contributed by atoms with van der Waals surface area (Å²) in [6.45, 7) is 2.43. The fourth-order valence-corrected chi connectivity index (χ4v) is 4.14. The highest BCUT2D eigenvalue weighted by molar-refractivity contribution is 7.07. The number of likely N-dealkylation sites (tertiary alicyclic amines) is 1. The van der Waals surface area contributed by atoms with Crippen molar-refractivity contribution in [2.24, 2.45) is 0 Å². The summed E-state index contributed by atoms with van der Waals surface area (Å²) < 4.78 is 38.0. The zero-order valence-corrected chi connectivity index (χ0v) is 15.8. The molecule has 27 heavy (non-hydrogen) atoms. The summed E-state index contributed by atoms with van der Waals surface area (Å²) in [5.41, 5.74) is 0.664. The van der Waals surface area contributed by atoms with Gasteiger partial charge in [0.15, 0.2) is 0 Å². The van der Waals surface area contributed by atoms with Gasteiger partial charge in [0.2, 0.25) is 0 Å². The molecule has 0 saturated carbocycles. The van der Waals surface area contributed by atoms with E-state index in [-0.39, 0.29) is 17.5 Å². The molecule has 146 valence electrons. The lowest BCUT2D eigenvalue weighted by molar-refractivity contribution is -0.137. The van der Waals surface area contributed by atoms with Crippen LogP contribution >= 0.6 is 11.3 Å². The van der Waals surface area contributed by atoms with Crippen molar-refractivity contribution in [2.75, 3.05) is 19.6 Å². The van der Waals surface area contributed by atoms with E-state index in [0.717, 1.165) is 38.1 Å². The summed E-state index contributed by atoms with van der Waals surface area (Å²) in [6.07, 6.45) is 0.350. The van der Waals surface area contributed by atoms with Crippen molar-refractivity contribution in [1.82, 2.24) is 10.2 Å². The van der Waals surface area contributed by atoms with Crippen LogP contribution in [0.1, 0.15) is 53.2 Å². The van der Waals surface area contributed by atoms with E-state index in [1.165, 1.54) is 30.5 Å². The minimum atomic E-state index is -4.40. The molecule has 7 heteroatoms. The number of hydrogen-bond donors (Lipinski definition) is 1. The van der Waals surface area contributed by atoms with Gasteiger partial charge in [-0.2, -0.15) is 24.5 Å². The number of nitrogens with zero attached hydrogens (tertiary/aromatic N) is 1. The molecule has 0 radical (unpaired) electrons. The van der Waals surface area contributed by atoms with Crippen LogP contribution in [0, 0.1) is 0 Å². The number of nitrogens with one attached hydrogen (secondary N) is 1. The van der Waals surface area contributed by atoms with Gasteiger partial charge in [-0.3, -0.25) is 9.69 Å². The van der Waals surface area contributed by atoms with Gasteiger partial charge < -0.3 is 5.32 Å². The van der Waals surface area contributed by atoms with Gasteiger partial charge in [-0.1, -0.05) is 12.8 Å². The Morgan fingerprint density at radius 2 is 1.74 bits per heavy atom. The van der Waals surface area contributed by atoms with Crippen molar-refractivity contribution in [1.29, 1.82) is 0 Å². The van der Waals surface area contributed by atoms with E-state index < -0.39 is 11.7 Å². The summed E-state index contributed by atoms with van der Waals surface area (Å²) >= 11 is 1.63. The van der Waals surface area contributed by atoms with Gasteiger partial charge >= 0.3 is 6.18 Å². The highest BCUT2D eigenvalue weighted by atomic mass is 32.1. The predicted molar refractivity (Wildman–Crippen MR) is 101 cm³/mol. The van der Waals surface area contributed by atoms with Crippen LogP contribution in [0.4, 0.5) is 13.2 Å². The molecule has 0 aliphatic carbocycles. The Balaban J connectivity index is 1.66. The molecule has 1 aliphatic heterocycles. The third kappa shape index (κ3) is 5.32. The normalized spacial score (nSPS) is 17.3. The number of carbonyl (C=O) groups excluding carboxylic acids is 1. The monoisotopic (exact) mass is 396 g/mol. The number of thiophene rings is 1. The van der Waals surface area contributed by atoms with E-state index >= 15 is 0 Å². The number of hydrogen-bond acceptors (Lipinski definition) is 3. The Kier molecular flexibility index (Phi) is 6.55. The summed E-state index contributed by atoms with van der Waals surface area (Å²) in [5, 5.41) is 7.03. The van der Waals surface area contributed by atoms with Crippen LogP contribution in [0.25, 0.3) is 0 Å². The second kappa shape index (κ2) is 8.89. The van der Waals surface area contributed by atoms with Crippen molar-refractivity contribution in [3.63, 3.8) is 0 Å². The lowest BCUT2D eigenvalue weighted by atomic mass is 10.1. The predicted octanol–water partition coefficient (Wildman–Crippen LogP) is 5.11. The Morgan fingerprint density at radius 1 is 1.07 bits per heavy atom. The molecule has 0 bridgehead atoms. The zero-order chi connectivity index (χ0) is 19.3. The van der Waals surface area contributed by atoms with Gasteiger partial charge in [0, 0.05) is 12.1 Å². The third-order valence-corrected chi connectivity index (χ3v) is 5.64. The SMILES string of the molecule is O=C(NCC(c1ccsc1)N1CCCCCC1)c1ccc(C(F)(F)F)cc1. The van der Waals surface area contributed by atoms with Crippen LogP contribution in [0.3, 0.4) is 0 Å². The maximum atomic E-state index is 12.7. The van der Waals surface area contributed by atoms with Gasteiger partial charge in [-0.15, -0.1) is 0 Å². The van der Waals surface area contributed by atoms with Gasteiger partial charge in [0.25, 0.3) is 5.91 Å². The van der Waals surface area contributed by atoms with Crippen LogP contribution in [0.15, 0.2) is 41.1 Å². The lowest BCUT2D eigenvalue weighted by Crippen LogP contribution is -2.38. The van der Waals surface area contributed by atoms with Crippen molar-refractivity contribution in [3.8, 4) is 0 Å². The number of carbonyl (C=O) groups is 1. The Bertz CT molecular complexity index is 721. The number of rotatable bonds is 5. The number of alkyl halides is 3. The molecule has 1 N–H and O–H groups in total. The molecule has 1 saturated heterocycles. The molecule has 3 nitrogen and oxygen atoms in total. The number of halogens is 3. The average molecular weight is 396 g/mol. The first kappa shape index (κ1) is 19.9. The van der Waals surface area contributed by atoms with Gasteiger partial charge in [-0.25, -0.2) is 0 Å². The van der Waals surface area contributed by atoms with E-state index in [0.29, 0.717) is 6.54 Å². The summed E-state index contributed by atoms with van der Waals surface area (Å²) in [4.78, 5) is 14.8. The first-order valence-corrected chi connectivity index (χ1v) is 10.1. The fourth-order valence-electron chi connectivity index (χ4n) is 3.43. The van der Waals surface area contributed by atoms with E-state index in [2.05, 4.69) is 21.7 Å². The maximum absolute atomic E-state index is 12.7. The fraction of sp³-hybridized carbons (Fsp3) is 0.450. The summed E-state index contributed by atoms with van der Waals surface area (Å²) in [7, 11) is 0. The Hall–Kier alpha value is -1.86. The van der Waals surface area contributed by atoms with E-state index in [4.69, 9.17) is 0 Å². The minimum absolute atomic E-state index is 0.0905. The molecule has 1 amide bonds. The van der Waals surface area contributed by atoms with Crippen LogP contribution in [0.5, 0.6) is 0 Å². The summed E-state index contributed by atoms with van der Waals surface area (Å²) in [5.74, 6) is -0.348. The Morgan fingerprint density at radius 3 is 2.30 bits per heavy atom. The van der Waals surface area contributed by atoms with Crippen LogP contribution < -0.4 is 5.32 Å². The highest BCUT2D eigenvalue weighted by Gasteiger charge is 2.30. The number of benzene rings is 1. The molecular formula is C20H23F3N2OS. The third-order valence-electron chi connectivity index (χ3n) is 4.94. The van der Waals surface area contributed by atoms with Crippen LogP contribution in [0.2, 0.25) is 0 Å². The molecule has 1 aliphatic rings. The van der Waals surface area contributed by atoms with E-state index in [9.17, 15) is 18.0 Å². The van der Waals surface area contributed by atoms with Gasteiger partial charge in [0.05, 0.1) is 11.6 Å². The average Bonchev–Trinajstić information content (AvgIpc) is 3.04. The van der Waals surface area contributed by atoms with Crippen molar-refractivity contribution in [2.45, 2.75) is 37.9 Å². The molecule has 1 aromatic heterocycles. The Labute approximate surface area is 161 Å². The largest absolute Gasteiger partial charge is 0.416 e. The molecule has 0 spiro atoms. The first-order chi connectivity index (χ1) is 12.9. The molecule has 2 heterocycles. The smallest absolute Gasteiger partial charge is 0.350 e. The van der Waals surface area contributed by atoms with Crippen LogP contribution in [-0.2, 0) is 6.18 Å². The van der Waals surface area contributed by atoms with Crippen molar-refractivity contribution >= 4 is 17.2 Å². The summed E-state index contributed by atoms with van der Waals surface area (Å²) in [6, 6.07) is 6.51. The molecule has 1 unspecified atom stereocenters. The van der Waals surface area contributed by atoms with E-state index in [1.54, 1.807) is 11.3 Å². The highest BCUT2D eigenvalue weighted by Crippen LogP contribution is 2.29. The molecule has 1 atom stereocenters. The van der Waals surface area contributed by atoms with Crippen molar-refractivity contribution in [3.05, 3.63) is 57.8 Å². The van der Waals surface area contributed by atoms with Crippen molar-refractivity contribution < 1.29 is 18.0 Å². The number of amides is 1. The first-order valence-electron chi connectivity index (χ1n) is 9.17. The molecule has 3 rings (SSSR count). The topological polar surface area (TPSA) is 32.3 Å².